The van der Waals surface area contributed by atoms with E-state index in [4.69, 9.17) is 11.5 Å². The molecule has 0 fully saturated rings. The topological polar surface area (TPSA) is 52.0 Å². The van der Waals surface area contributed by atoms with Gasteiger partial charge in [0.05, 0.1) is 0 Å². The van der Waals surface area contributed by atoms with Crippen LogP contribution < -0.4 is 11.5 Å². The van der Waals surface area contributed by atoms with Gasteiger partial charge in [-0.25, -0.2) is 0 Å². The van der Waals surface area contributed by atoms with Gasteiger partial charge in [-0.15, -0.1) is 0 Å². The fraction of sp³-hybridized carbons (Fsp3) is 0. The van der Waals surface area contributed by atoms with Crippen molar-refractivity contribution < 1.29 is 0 Å². The number of nitrogens with two attached hydrogens (primary N) is 2. The van der Waals surface area contributed by atoms with Crippen molar-refractivity contribution in [2.45, 2.75) is 0 Å². The fourth-order valence-corrected chi connectivity index (χ4v) is 0.496. The second-order valence-corrected chi connectivity index (χ2v) is 1.67. The monoisotopic (exact) mass is 150 g/mol. The van der Waals surface area contributed by atoms with Crippen LogP contribution in [0.1, 0.15) is 0 Å². The molecule has 0 heterocycles. The molecule has 9 heavy (non-hydrogen) atoms. The minimum atomic E-state index is 0. The van der Waals surface area contributed by atoms with Crippen molar-refractivity contribution >= 4 is 49.1 Å². The van der Waals surface area contributed by atoms with Gasteiger partial charge in [-0.3, -0.25) is 0 Å². The maximum absolute atomic E-state index is 5.37. The summed E-state index contributed by atoms with van der Waals surface area (Å²) in [6.45, 7) is 0. The van der Waals surface area contributed by atoms with Crippen LogP contribution >= 0.6 is 0 Å². The Morgan fingerprint density at radius 2 is 1.00 bits per heavy atom. The molecule has 1 aromatic carbocycles. The molecule has 0 saturated carbocycles. The summed E-state index contributed by atoms with van der Waals surface area (Å²) >= 11 is 0. The van der Waals surface area contributed by atoms with E-state index in [-0.39, 0.29) is 37.7 Å². The SMILES string of the molecule is Nc1ccc(N)cc1.[CaH2]. The molecule has 0 aliphatic carbocycles. The van der Waals surface area contributed by atoms with Crippen LogP contribution in [-0.4, -0.2) is 37.7 Å². The summed E-state index contributed by atoms with van der Waals surface area (Å²) in [7, 11) is 0. The Hall–Kier alpha value is 0.0797. The molecule has 1 aromatic rings. The molecule has 2 nitrogen and oxygen atoms in total. The third kappa shape index (κ3) is 2.94. The zero-order chi connectivity index (χ0) is 5.98. The van der Waals surface area contributed by atoms with Crippen LogP contribution in [0.2, 0.25) is 0 Å². The van der Waals surface area contributed by atoms with Gasteiger partial charge < -0.3 is 11.5 Å². The van der Waals surface area contributed by atoms with Crippen molar-refractivity contribution in [1.82, 2.24) is 0 Å². The number of benzene rings is 1. The van der Waals surface area contributed by atoms with Crippen LogP contribution in [0.25, 0.3) is 0 Å². The summed E-state index contributed by atoms with van der Waals surface area (Å²) < 4.78 is 0. The first-order valence-electron chi connectivity index (χ1n) is 2.40. The fourth-order valence-electron chi connectivity index (χ4n) is 0.496. The van der Waals surface area contributed by atoms with Crippen molar-refractivity contribution in [3.8, 4) is 0 Å². The van der Waals surface area contributed by atoms with E-state index in [0.29, 0.717) is 0 Å². The average molecular weight is 150 g/mol. The van der Waals surface area contributed by atoms with E-state index in [1.54, 1.807) is 24.3 Å². The molecular weight excluding hydrogens is 140 g/mol. The third-order valence-corrected chi connectivity index (χ3v) is 0.936. The van der Waals surface area contributed by atoms with E-state index in [1.807, 2.05) is 0 Å². The van der Waals surface area contributed by atoms with Crippen LogP contribution in [0.15, 0.2) is 24.3 Å². The summed E-state index contributed by atoms with van der Waals surface area (Å²) in [5, 5.41) is 0. The van der Waals surface area contributed by atoms with Gasteiger partial charge in [0.25, 0.3) is 0 Å². The Balaban J connectivity index is 0.000000640. The van der Waals surface area contributed by atoms with Crippen molar-refractivity contribution in [1.29, 1.82) is 0 Å². The molecule has 0 saturated heterocycles. The average Bonchev–Trinajstić information content (AvgIpc) is 1.77. The summed E-state index contributed by atoms with van der Waals surface area (Å²) in [5.74, 6) is 0. The molecule has 0 amide bonds. The zero-order valence-electron chi connectivity index (χ0n) is 4.46. The van der Waals surface area contributed by atoms with Crippen LogP contribution in [0.4, 0.5) is 11.4 Å². The van der Waals surface area contributed by atoms with E-state index in [2.05, 4.69) is 0 Å². The van der Waals surface area contributed by atoms with E-state index < -0.39 is 0 Å². The van der Waals surface area contributed by atoms with Gasteiger partial charge in [0.2, 0.25) is 0 Å². The maximum atomic E-state index is 5.37. The Morgan fingerprint density at radius 1 is 0.778 bits per heavy atom. The minimum absolute atomic E-state index is 0. The van der Waals surface area contributed by atoms with Crippen LogP contribution in [0.5, 0.6) is 0 Å². The van der Waals surface area contributed by atoms with Crippen LogP contribution in [0, 0.1) is 0 Å². The normalized spacial score (nSPS) is 8.00. The second-order valence-electron chi connectivity index (χ2n) is 1.67. The van der Waals surface area contributed by atoms with Crippen molar-refractivity contribution in [3.63, 3.8) is 0 Å². The summed E-state index contributed by atoms with van der Waals surface area (Å²) in [6, 6.07) is 7.09. The van der Waals surface area contributed by atoms with E-state index >= 15 is 0 Å². The molecule has 0 aliphatic rings. The van der Waals surface area contributed by atoms with Gasteiger partial charge in [0.1, 0.15) is 0 Å². The molecule has 0 radical (unpaired) electrons. The first-order valence-corrected chi connectivity index (χ1v) is 2.40. The Morgan fingerprint density at radius 3 is 1.22 bits per heavy atom. The number of nitrogen functional groups attached to an aromatic ring is 2. The number of rotatable bonds is 0. The van der Waals surface area contributed by atoms with Crippen molar-refractivity contribution in [2.75, 3.05) is 11.5 Å². The molecule has 0 aliphatic heterocycles. The molecule has 0 bridgehead atoms. The number of hydrogen-bond donors (Lipinski definition) is 2. The standard InChI is InChI=1S/C6H8N2.Ca.2H/c7-5-1-2-6(8)4-3-5;;;/h1-4H,7-8H2;;;. The Labute approximate surface area is 84.2 Å². The predicted octanol–water partition coefficient (Wildman–Crippen LogP) is -0.0652. The Bertz CT molecular complexity index is 150. The van der Waals surface area contributed by atoms with E-state index in [9.17, 15) is 0 Å². The molecule has 0 aromatic heterocycles. The first-order chi connectivity index (χ1) is 3.79. The molecule has 0 unspecified atom stereocenters. The number of anilines is 2. The predicted molar refractivity (Wildman–Crippen MR) is 43.8 cm³/mol. The van der Waals surface area contributed by atoms with Gasteiger partial charge in [-0.05, 0) is 24.3 Å². The Kier molecular flexibility index (Phi) is 4.02. The number of hydrogen-bond acceptors (Lipinski definition) is 2. The first kappa shape index (κ1) is 9.08. The summed E-state index contributed by atoms with van der Waals surface area (Å²) in [6.07, 6.45) is 0. The molecule has 0 spiro atoms. The molecular formula is C6H10CaN2. The van der Waals surface area contributed by atoms with E-state index in [0.717, 1.165) is 11.4 Å². The van der Waals surface area contributed by atoms with E-state index in [1.165, 1.54) is 0 Å². The quantitative estimate of drug-likeness (QED) is 0.402. The van der Waals surface area contributed by atoms with Gasteiger partial charge in [0, 0.05) is 11.4 Å². The molecule has 46 valence electrons. The van der Waals surface area contributed by atoms with Crippen LogP contribution in [-0.2, 0) is 0 Å². The second kappa shape index (κ2) is 3.99. The third-order valence-electron chi connectivity index (χ3n) is 0.936. The zero-order valence-corrected chi connectivity index (χ0v) is 4.46. The van der Waals surface area contributed by atoms with Crippen LogP contribution in [0.3, 0.4) is 0 Å². The van der Waals surface area contributed by atoms with Gasteiger partial charge in [0.15, 0.2) is 0 Å². The summed E-state index contributed by atoms with van der Waals surface area (Å²) in [5.41, 5.74) is 12.2. The van der Waals surface area contributed by atoms with Gasteiger partial charge in [-0.1, -0.05) is 0 Å². The molecule has 4 N–H and O–H groups in total. The molecule has 3 heteroatoms. The van der Waals surface area contributed by atoms with Crippen molar-refractivity contribution in [2.24, 2.45) is 0 Å². The van der Waals surface area contributed by atoms with Gasteiger partial charge >= 0.3 is 37.7 Å². The van der Waals surface area contributed by atoms with Gasteiger partial charge in [-0.2, -0.15) is 0 Å². The molecule has 1 rings (SSSR count). The summed E-state index contributed by atoms with van der Waals surface area (Å²) in [4.78, 5) is 0. The van der Waals surface area contributed by atoms with Crippen molar-refractivity contribution in [3.05, 3.63) is 24.3 Å². The molecule has 0 atom stereocenters.